The maximum absolute atomic E-state index is 12.4. The molecule has 4 aliphatic carbocycles. The lowest BCUT2D eigenvalue weighted by molar-refractivity contribution is -0.134. The molecule has 6 heteroatoms. The zero-order chi connectivity index (χ0) is 20.3. The van der Waals surface area contributed by atoms with Crippen molar-refractivity contribution in [3.8, 4) is 0 Å². The van der Waals surface area contributed by atoms with Gasteiger partial charge in [-0.1, -0.05) is 18.2 Å². The third-order valence-electron chi connectivity index (χ3n) is 6.94. The number of hydrogen-bond acceptors (Lipinski definition) is 3. The van der Waals surface area contributed by atoms with Gasteiger partial charge in [0.2, 0.25) is 11.8 Å². The first-order valence-electron chi connectivity index (χ1n) is 10.9. The van der Waals surface area contributed by atoms with Crippen molar-refractivity contribution in [3.63, 3.8) is 0 Å². The van der Waals surface area contributed by atoms with E-state index in [-0.39, 0.29) is 29.6 Å². The van der Waals surface area contributed by atoms with Gasteiger partial charge in [-0.3, -0.25) is 25.2 Å². The van der Waals surface area contributed by atoms with Crippen LogP contribution in [0.15, 0.2) is 30.3 Å². The van der Waals surface area contributed by atoms with E-state index >= 15 is 0 Å². The van der Waals surface area contributed by atoms with Crippen LogP contribution >= 0.6 is 0 Å². The van der Waals surface area contributed by atoms with Crippen molar-refractivity contribution in [1.82, 2.24) is 16.2 Å². The predicted octanol–water partition coefficient (Wildman–Crippen LogP) is 2.95. The van der Waals surface area contributed by atoms with Crippen LogP contribution in [0.1, 0.15) is 68.1 Å². The summed E-state index contributed by atoms with van der Waals surface area (Å²) in [5.41, 5.74) is 5.92. The molecule has 4 aliphatic rings. The van der Waals surface area contributed by atoms with Crippen molar-refractivity contribution in [2.75, 3.05) is 6.54 Å². The highest BCUT2D eigenvalue weighted by Gasteiger charge is 2.51. The lowest BCUT2D eigenvalue weighted by Crippen LogP contribution is -2.50. The lowest BCUT2D eigenvalue weighted by Gasteiger charge is -2.56. The summed E-state index contributed by atoms with van der Waals surface area (Å²) in [6.07, 6.45) is 8.94. The van der Waals surface area contributed by atoms with Gasteiger partial charge in [-0.15, -0.1) is 0 Å². The van der Waals surface area contributed by atoms with Crippen LogP contribution in [-0.2, 0) is 9.59 Å². The molecule has 0 spiro atoms. The zero-order valence-corrected chi connectivity index (χ0v) is 16.9. The van der Waals surface area contributed by atoms with E-state index < -0.39 is 0 Å². The van der Waals surface area contributed by atoms with Gasteiger partial charge in [0, 0.05) is 24.9 Å². The van der Waals surface area contributed by atoms with Gasteiger partial charge in [0.15, 0.2) is 0 Å². The fraction of sp³-hybridized carbons (Fsp3) is 0.609. The molecule has 3 amide bonds. The summed E-state index contributed by atoms with van der Waals surface area (Å²) in [5, 5.41) is 2.80. The van der Waals surface area contributed by atoms with Crippen molar-refractivity contribution in [2.24, 2.45) is 23.2 Å². The Kier molecular flexibility index (Phi) is 5.88. The predicted molar refractivity (Wildman–Crippen MR) is 110 cm³/mol. The minimum Gasteiger partial charge on any atom is -0.352 e. The Labute approximate surface area is 172 Å². The highest BCUT2D eigenvalue weighted by atomic mass is 16.2. The van der Waals surface area contributed by atoms with Crippen LogP contribution < -0.4 is 16.2 Å². The molecule has 156 valence electrons. The third kappa shape index (κ3) is 4.98. The van der Waals surface area contributed by atoms with Gasteiger partial charge in [-0.2, -0.15) is 0 Å². The van der Waals surface area contributed by atoms with E-state index in [1.54, 1.807) is 12.1 Å². The number of benzene rings is 1. The van der Waals surface area contributed by atoms with Gasteiger partial charge in [0.1, 0.15) is 0 Å². The SMILES string of the molecule is O=C(CCCNC(=O)c1ccccc1)NNC(=O)CC12CC3CC(CC(C3)C1)C2. The number of nitrogens with one attached hydrogen (secondary N) is 3. The van der Waals surface area contributed by atoms with E-state index in [1.807, 2.05) is 18.2 Å². The first-order valence-corrected chi connectivity index (χ1v) is 10.9. The molecule has 29 heavy (non-hydrogen) atoms. The molecule has 0 heterocycles. The van der Waals surface area contributed by atoms with Gasteiger partial charge in [-0.25, -0.2) is 0 Å². The molecule has 1 aromatic rings. The van der Waals surface area contributed by atoms with E-state index in [9.17, 15) is 14.4 Å². The molecule has 0 unspecified atom stereocenters. The first-order chi connectivity index (χ1) is 14.0. The number of amides is 3. The molecule has 4 saturated carbocycles. The number of carbonyl (C=O) groups excluding carboxylic acids is 3. The highest BCUT2D eigenvalue weighted by Crippen LogP contribution is 2.61. The second-order valence-electron chi connectivity index (χ2n) is 9.42. The molecule has 0 radical (unpaired) electrons. The minimum absolute atomic E-state index is 0.0716. The van der Waals surface area contributed by atoms with Crippen molar-refractivity contribution in [2.45, 2.75) is 57.8 Å². The second kappa shape index (κ2) is 8.56. The standard InChI is InChI=1S/C23H31N3O3/c27-20(7-4-8-24-22(29)19-5-2-1-3-6-19)25-26-21(28)15-23-12-16-9-17(13-23)11-18(10-16)14-23/h1-3,5-6,16-18H,4,7-15H2,(H,24,29)(H,25,27)(H,26,28). The molecular weight excluding hydrogens is 366 g/mol. The van der Waals surface area contributed by atoms with Crippen LogP contribution in [0.4, 0.5) is 0 Å². The summed E-state index contributed by atoms with van der Waals surface area (Å²) >= 11 is 0. The highest BCUT2D eigenvalue weighted by molar-refractivity contribution is 5.94. The van der Waals surface area contributed by atoms with Gasteiger partial charge in [-0.05, 0) is 80.2 Å². The van der Waals surface area contributed by atoms with Gasteiger partial charge >= 0.3 is 0 Å². The molecule has 0 atom stereocenters. The lowest BCUT2D eigenvalue weighted by atomic mass is 9.49. The smallest absolute Gasteiger partial charge is 0.251 e. The van der Waals surface area contributed by atoms with Crippen LogP contribution in [0.25, 0.3) is 0 Å². The third-order valence-corrected chi connectivity index (χ3v) is 6.94. The monoisotopic (exact) mass is 397 g/mol. The zero-order valence-electron chi connectivity index (χ0n) is 16.9. The van der Waals surface area contributed by atoms with E-state index in [0.29, 0.717) is 24.9 Å². The molecular formula is C23H31N3O3. The summed E-state index contributed by atoms with van der Waals surface area (Å²) < 4.78 is 0. The molecule has 3 N–H and O–H groups in total. The molecule has 0 aromatic heterocycles. The van der Waals surface area contributed by atoms with Gasteiger partial charge in [0.05, 0.1) is 0 Å². The van der Waals surface area contributed by atoms with E-state index in [4.69, 9.17) is 0 Å². The molecule has 4 fully saturated rings. The Bertz CT molecular complexity index is 727. The molecule has 5 rings (SSSR count). The Morgan fingerprint density at radius 1 is 0.862 bits per heavy atom. The first kappa shape index (κ1) is 19.9. The van der Waals surface area contributed by atoms with Crippen molar-refractivity contribution in [1.29, 1.82) is 0 Å². The fourth-order valence-corrected chi connectivity index (χ4v) is 6.24. The van der Waals surface area contributed by atoms with Crippen molar-refractivity contribution >= 4 is 17.7 Å². The Balaban J connectivity index is 1.12. The van der Waals surface area contributed by atoms with Crippen LogP contribution in [-0.4, -0.2) is 24.3 Å². The largest absolute Gasteiger partial charge is 0.352 e. The number of hydrogen-bond donors (Lipinski definition) is 3. The maximum atomic E-state index is 12.4. The minimum atomic E-state index is -0.224. The molecule has 0 aliphatic heterocycles. The normalized spacial score (nSPS) is 29.3. The van der Waals surface area contributed by atoms with Crippen LogP contribution in [0.2, 0.25) is 0 Å². The summed E-state index contributed by atoms with van der Waals surface area (Å²) in [5.74, 6) is 2.00. The topological polar surface area (TPSA) is 87.3 Å². The molecule has 6 nitrogen and oxygen atoms in total. The molecule has 0 saturated heterocycles. The number of carbonyl (C=O) groups is 3. The van der Waals surface area contributed by atoms with E-state index in [2.05, 4.69) is 16.2 Å². The number of rotatable bonds is 7. The van der Waals surface area contributed by atoms with E-state index in [0.717, 1.165) is 17.8 Å². The van der Waals surface area contributed by atoms with Crippen LogP contribution in [0.5, 0.6) is 0 Å². The summed E-state index contributed by atoms with van der Waals surface area (Å²) in [6.45, 7) is 0.419. The van der Waals surface area contributed by atoms with Crippen LogP contribution in [0, 0.1) is 23.2 Å². The Hall–Kier alpha value is -2.37. The average molecular weight is 398 g/mol. The Morgan fingerprint density at radius 2 is 1.45 bits per heavy atom. The molecule has 1 aromatic carbocycles. The quantitative estimate of drug-likeness (QED) is 0.488. The summed E-state index contributed by atoms with van der Waals surface area (Å²) in [4.78, 5) is 36.4. The number of hydrazine groups is 1. The summed E-state index contributed by atoms with van der Waals surface area (Å²) in [6, 6.07) is 8.99. The van der Waals surface area contributed by atoms with Gasteiger partial charge < -0.3 is 5.32 Å². The maximum Gasteiger partial charge on any atom is 0.251 e. The Morgan fingerprint density at radius 3 is 2.07 bits per heavy atom. The second-order valence-corrected chi connectivity index (χ2v) is 9.42. The van der Waals surface area contributed by atoms with Crippen molar-refractivity contribution < 1.29 is 14.4 Å². The fourth-order valence-electron chi connectivity index (χ4n) is 6.24. The van der Waals surface area contributed by atoms with Crippen LogP contribution in [0.3, 0.4) is 0 Å². The van der Waals surface area contributed by atoms with Crippen molar-refractivity contribution in [3.05, 3.63) is 35.9 Å². The average Bonchev–Trinajstić information content (AvgIpc) is 2.69. The summed E-state index contributed by atoms with van der Waals surface area (Å²) in [7, 11) is 0. The molecule has 4 bridgehead atoms. The van der Waals surface area contributed by atoms with E-state index in [1.165, 1.54) is 38.5 Å². The van der Waals surface area contributed by atoms with Gasteiger partial charge in [0.25, 0.3) is 5.91 Å².